The summed E-state index contributed by atoms with van der Waals surface area (Å²) in [6.45, 7) is 0. The molecule has 0 bridgehead atoms. The van der Waals surface area contributed by atoms with Gasteiger partial charge in [-0.25, -0.2) is 5.01 Å². The van der Waals surface area contributed by atoms with E-state index in [4.69, 9.17) is 9.84 Å². The first-order chi connectivity index (χ1) is 12.3. The molecule has 0 radical (unpaired) electrons. The summed E-state index contributed by atoms with van der Waals surface area (Å²) in [7, 11) is 0. The van der Waals surface area contributed by atoms with Crippen LogP contribution in [0.3, 0.4) is 0 Å². The van der Waals surface area contributed by atoms with Gasteiger partial charge in [0, 0.05) is 22.4 Å². The number of thiophene rings is 1. The minimum absolute atomic E-state index is 0.0800. The maximum absolute atomic E-state index is 6.51. The molecule has 2 aromatic rings. The molecule has 5 rings (SSSR count). The van der Waals surface area contributed by atoms with Crippen molar-refractivity contribution in [2.24, 2.45) is 11.0 Å². The van der Waals surface area contributed by atoms with Crippen LogP contribution in [0.25, 0.3) is 0 Å². The SMILES string of the molecule is Brc1ccc2c(c1)[C@H]1CC(c3cccs3)=NN1[C@@H](C1CCCCC1)O2. The van der Waals surface area contributed by atoms with Crippen LogP contribution in [-0.4, -0.2) is 16.9 Å². The minimum Gasteiger partial charge on any atom is -0.468 e. The molecule has 1 aromatic heterocycles. The second kappa shape index (κ2) is 6.44. The summed E-state index contributed by atoms with van der Waals surface area (Å²) >= 11 is 5.40. The number of rotatable bonds is 2. The van der Waals surface area contributed by atoms with Gasteiger partial charge in [-0.2, -0.15) is 5.10 Å². The number of hydrogen-bond donors (Lipinski definition) is 0. The third-order valence-electron chi connectivity index (χ3n) is 5.64. The van der Waals surface area contributed by atoms with Crippen molar-refractivity contribution in [1.82, 2.24) is 5.01 Å². The fraction of sp³-hybridized carbons (Fsp3) is 0.450. The number of fused-ring (bicyclic) bond motifs is 3. The van der Waals surface area contributed by atoms with Crippen molar-refractivity contribution in [3.05, 3.63) is 50.6 Å². The standard InChI is InChI=1S/C20H21BrN2OS/c21-14-8-9-18-15(11-14)17-12-16(19-7-4-10-25-19)22-23(17)20(24-18)13-5-2-1-3-6-13/h4,7-11,13,17,20H,1-3,5-6,12H2/t17-,20-/m1/s1. The molecule has 1 aliphatic carbocycles. The van der Waals surface area contributed by atoms with Crippen molar-refractivity contribution in [1.29, 1.82) is 0 Å². The molecule has 0 N–H and O–H groups in total. The first-order valence-electron chi connectivity index (χ1n) is 9.15. The van der Waals surface area contributed by atoms with Gasteiger partial charge in [0.1, 0.15) is 5.75 Å². The highest BCUT2D eigenvalue weighted by atomic mass is 79.9. The van der Waals surface area contributed by atoms with E-state index in [1.807, 2.05) is 0 Å². The summed E-state index contributed by atoms with van der Waals surface area (Å²) in [6.07, 6.45) is 7.55. The minimum atomic E-state index is 0.0800. The third-order valence-corrected chi connectivity index (χ3v) is 7.05. The van der Waals surface area contributed by atoms with Crippen LogP contribution < -0.4 is 4.74 Å². The highest BCUT2D eigenvalue weighted by molar-refractivity contribution is 9.10. The van der Waals surface area contributed by atoms with Crippen LogP contribution in [0.2, 0.25) is 0 Å². The highest BCUT2D eigenvalue weighted by Gasteiger charge is 2.43. The summed E-state index contributed by atoms with van der Waals surface area (Å²) in [5.74, 6) is 1.63. The van der Waals surface area contributed by atoms with Crippen molar-refractivity contribution < 1.29 is 4.74 Å². The summed E-state index contributed by atoms with van der Waals surface area (Å²) in [5, 5.41) is 9.47. The molecule has 0 saturated heterocycles. The predicted molar refractivity (Wildman–Crippen MR) is 105 cm³/mol. The van der Waals surface area contributed by atoms with E-state index in [-0.39, 0.29) is 6.23 Å². The van der Waals surface area contributed by atoms with Gasteiger partial charge in [0.2, 0.25) is 0 Å². The van der Waals surface area contributed by atoms with E-state index in [0.29, 0.717) is 12.0 Å². The number of nitrogens with zero attached hydrogens (tertiary/aromatic N) is 2. The molecular formula is C20H21BrN2OS. The fourth-order valence-corrected chi connectivity index (χ4v) is 5.51. The molecular weight excluding hydrogens is 396 g/mol. The molecule has 5 heteroatoms. The molecule has 1 aromatic carbocycles. The Labute approximate surface area is 160 Å². The summed E-state index contributed by atoms with van der Waals surface area (Å²) < 4.78 is 7.61. The molecule has 1 fully saturated rings. The number of ether oxygens (including phenoxy) is 1. The van der Waals surface area contributed by atoms with Gasteiger partial charge in [0.15, 0.2) is 6.23 Å². The second-order valence-electron chi connectivity index (χ2n) is 7.21. The van der Waals surface area contributed by atoms with Crippen LogP contribution in [0.5, 0.6) is 5.75 Å². The lowest BCUT2D eigenvalue weighted by atomic mass is 9.86. The Hall–Kier alpha value is -1.33. The van der Waals surface area contributed by atoms with Gasteiger partial charge in [-0.3, -0.25) is 0 Å². The average Bonchev–Trinajstić information content (AvgIpc) is 3.31. The lowest BCUT2D eigenvalue weighted by Crippen LogP contribution is -2.45. The van der Waals surface area contributed by atoms with Crippen LogP contribution in [0.15, 0.2) is 45.3 Å². The van der Waals surface area contributed by atoms with Crippen LogP contribution in [0.4, 0.5) is 0 Å². The molecule has 2 aliphatic heterocycles. The molecule has 3 nitrogen and oxygen atoms in total. The number of hydrazone groups is 1. The van der Waals surface area contributed by atoms with E-state index in [1.165, 1.54) is 48.3 Å². The second-order valence-corrected chi connectivity index (χ2v) is 9.08. The maximum Gasteiger partial charge on any atom is 0.190 e. The Morgan fingerprint density at radius 1 is 1.16 bits per heavy atom. The highest BCUT2D eigenvalue weighted by Crippen LogP contribution is 2.47. The molecule has 2 atom stereocenters. The molecule has 0 unspecified atom stereocenters. The largest absolute Gasteiger partial charge is 0.468 e. The van der Waals surface area contributed by atoms with Crippen molar-refractivity contribution in [2.45, 2.75) is 50.8 Å². The molecule has 0 spiro atoms. The number of hydrogen-bond acceptors (Lipinski definition) is 4. The monoisotopic (exact) mass is 416 g/mol. The smallest absolute Gasteiger partial charge is 0.190 e. The van der Waals surface area contributed by atoms with Crippen LogP contribution >= 0.6 is 27.3 Å². The van der Waals surface area contributed by atoms with E-state index < -0.39 is 0 Å². The lowest BCUT2D eigenvalue weighted by Gasteiger charge is -2.42. The van der Waals surface area contributed by atoms with E-state index in [2.05, 4.69) is 56.7 Å². The van der Waals surface area contributed by atoms with E-state index >= 15 is 0 Å². The quantitative estimate of drug-likeness (QED) is 0.602. The third kappa shape index (κ3) is 2.81. The lowest BCUT2D eigenvalue weighted by molar-refractivity contribution is -0.0644. The predicted octanol–water partition coefficient (Wildman–Crippen LogP) is 5.96. The first kappa shape index (κ1) is 15.9. The topological polar surface area (TPSA) is 24.8 Å². The molecule has 3 aliphatic rings. The van der Waals surface area contributed by atoms with Gasteiger partial charge in [0.05, 0.1) is 16.6 Å². The molecule has 25 heavy (non-hydrogen) atoms. The van der Waals surface area contributed by atoms with E-state index in [1.54, 1.807) is 11.3 Å². The van der Waals surface area contributed by atoms with Gasteiger partial charge in [-0.05, 0) is 42.5 Å². The molecule has 1 saturated carbocycles. The van der Waals surface area contributed by atoms with E-state index in [0.717, 1.165) is 16.6 Å². The van der Waals surface area contributed by atoms with Crippen LogP contribution in [-0.2, 0) is 0 Å². The first-order valence-corrected chi connectivity index (χ1v) is 10.8. The summed E-state index contributed by atoms with van der Waals surface area (Å²) in [5.41, 5.74) is 2.47. The Kier molecular flexibility index (Phi) is 4.09. The van der Waals surface area contributed by atoms with Crippen molar-refractivity contribution in [2.75, 3.05) is 0 Å². The Morgan fingerprint density at radius 2 is 2.04 bits per heavy atom. The molecule has 130 valence electrons. The van der Waals surface area contributed by atoms with Crippen molar-refractivity contribution in [3.8, 4) is 5.75 Å². The van der Waals surface area contributed by atoms with E-state index in [9.17, 15) is 0 Å². The molecule has 0 amide bonds. The maximum atomic E-state index is 6.51. The summed E-state index contributed by atoms with van der Waals surface area (Å²) in [6, 6.07) is 11.0. The normalized spacial score (nSPS) is 26.0. The zero-order valence-corrected chi connectivity index (χ0v) is 16.4. The van der Waals surface area contributed by atoms with Crippen LogP contribution in [0, 0.1) is 5.92 Å². The van der Waals surface area contributed by atoms with Gasteiger partial charge in [-0.15, -0.1) is 11.3 Å². The molecule has 3 heterocycles. The zero-order valence-electron chi connectivity index (χ0n) is 14.0. The number of benzene rings is 1. The van der Waals surface area contributed by atoms with Gasteiger partial charge >= 0.3 is 0 Å². The van der Waals surface area contributed by atoms with Gasteiger partial charge in [-0.1, -0.05) is 41.3 Å². The Bertz CT molecular complexity index is 798. The van der Waals surface area contributed by atoms with Gasteiger partial charge in [0.25, 0.3) is 0 Å². The summed E-state index contributed by atoms with van der Waals surface area (Å²) in [4.78, 5) is 1.29. The van der Waals surface area contributed by atoms with Crippen molar-refractivity contribution in [3.63, 3.8) is 0 Å². The van der Waals surface area contributed by atoms with Gasteiger partial charge < -0.3 is 4.74 Å². The van der Waals surface area contributed by atoms with Crippen molar-refractivity contribution >= 4 is 33.0 Å². The Balaban J connectivity index is 1.55. The number of halogens is 1. The average molecular weight is 417 g/mol. The zero-order chi connectivity index (χ0) is 16.8. The van der Waals surface area contributed by atoms with Crippen LogP contribution in [0.1, 0.15) is 55.0 Å². The fourth-order valence-electron chi connectivity index (χ4n) is 4.41. The Morgan fingerprint density at radius 3 is 2.84 bits per heavy atom.